The molecule has 0 aliphatic rings. The van der Waals surface area contributed by atoms with E-state index in [1.54, 1.807) is 11.8 Å². The second kappa shape index (κ2) is 9.07. The molecule has 0 spiro atoms. The van der Waals surface area contributed by atoms with Crippen molar-refractivity contribution in [2.45, 2.75) is 52.3 Å². The van der Waals surface area contributed by atoms with E-state index < -0.39 is 0 Å². The van der Waals surface area contributed by atoms with Gasteiger partial charge in [0.25, 0.3) is 0 Å². The Morgan fingerprint density at radius 3 is 2.21 bits per heavy atom. The van der Waals surface area contributed by atoms with Crippen molar-refractivity contribution in [3.05, 3.63) is 28.8 Å². The van der Waals surface area contributed by atoms with Crippen molar-refractivity contribution >= 4 is 28.3 Å². The summed E-state index contributed by atoms with van der Waals surface area (Å²) >= 11 is 7.24. The maximum Gasteiger partial charge on any atom is 0.136 e. The molecule has 136 valence electrons. The van der Waals surface area contributed by atoms with Crippen LogP contribution in [0.3, 0.4) is 0 Å². The molecular formula is C19H32N2OS2. The lowest BCUT2D eigenvalue weighted by atomic mass is 9.84. The monoisotopic (exact) mass is 368 g/mol. The van der Waals surface area contributed by atoms with Gasteiger partial charge >= 0.3 is 0 Å². The topological polar surface area (TPSA) is 26.7 Å². The van der Waals surface area contributed by atoms with Crippen LogP contribution in [0, 0.1) is 0 Å². The number of hydrogen-bond donors (Lipinski definition) is 1. The first-order valence-electron chi connectivity index (χ1n) is 8.51. The zero-order valence-electron chi connectivity index (χ0n) is 16.1. The van der Waals surface area contributed by atoms with E-state index in [1.165, 1.54) is 5.56 Å². The van der Waals surface area contributed by atoms with Crippen LogP contribution in [0.25, 0.3) is 0 Å². The van der Waals surface area contributed by atoms with Gasteiger partial charge in [-0.15, -0.1) is 0 Å². The minimum atomic E-state index is -0.0921. The second-order valence-electron chi connectivity index (χ2n) is 7.37. The summed E-state index contributed by atoms with van der Waals surface area (Å²) < 4.78 is 0.944. The number of thiocarbonyl (C=S) groups is 1. The van der Waals surface area contributed by atoms with E-state index in [4.69, 9.17) is 12.2 Å². The van der Waals surface area contributed by atoms with Crippen LogP contribution < -0.4 is 0 Å². The minimum Gasteiger partial charge on any atom is -0.507 e. The van der Waals surface area contributed by atoms with Gasteiger partial charge < -0.3 is 14.9 Å². The van der Waals surface area contributed by atoms with Crippen LogP contribution in [-0.2, 0) is 17.7 Å². The van der Waals surface area contributed by atoms with Gasteiger partial charge in [-0.3, -0.25) is 0 Å². The van der Waals surface area contributed by atoms with Crippen molar-refractivity contribution < 1.29 is 5.11 Å². The molecule has 24 heavy (non-hydrogen) atoms. The number of nitrogens with zero attached hydrogens (tertiary/aromatic N) is 2. The normalized spacial score (nSPS) is 11.8. The van der Waals surface area contributed by atoms with Gasteiger partial charge in [0.1, 0.15) is 10.1 Å². The standard InChI is InChI=1S/C19H32N2OS2/c1-8-21(9-2)18(23)24-13-14-10-15(12-20(6)7)17(22)16(11-14)19(3,4)5/h10-11,22H,8-9,12-13H2,1-7H3. The Labute approximate surface area is 157 Å². The molecule has 0 saturated heterocycles. The highest BCUT2D eigenvalue weighted by atomic mass is 32.2. The fourth-order valence-electron chi connectivity index (χ4n) is 2.59. The van der Waals surface area contributed by atoms with Crippen molar-refractivity contribution in [2.24, 2.45) is 0 Å². The highest BCUT2D eigenvalue weighted by Crippen LogP contribution is 2.36. The molecule has 1 aromatic carbocycles. The summed E-state index contributed by atoms with van der Waals surface area (Å²) in [6, 6.07) is 4.24. The number of benzene rings is 1. The van der Waals surface area contributed by atoms with E-state index in [-0.39, 0.29) is 5.41 Å². The molecule has 0 bridgehead atoms. The molecule has 1 aromatic rings. The van der Waals surface area contributed by atoms with Gasteiger partial charge in [0, 0.05) is 31.0 Å². The zero-order valence-corrected chi connectivity index (χ0v) is 17.8. The summed E-state index contributed by atoms with van der Waals surface area (Å²) in [6.07, 6.45) is 0. The van der Waals surface area contributed by atoms with Gasteiger partial charge in [0.05, 0.1) is 0 Å². The second-order valence-corrected chi connectivity index (χ2v) is 8.97. The number of phenols is 1. The molecule has 0 atom stereocenters. The molecule has 0 unspecified atom stereocenters. The third kappa shape index (κ3) is 5.94. The molecule has 0 aliphatic heterocycles. The van der Waals surface area contributed by atoms with Crippen molar-refractivity contribution in [1.29, 1.82) is 0 Å². The van der Waals surface area contributed by atoms with Gasteiger partial charge in [-0.1, -0.05) is 50.8 Å². The van der Waals surface area contributed by atoms with Crippen LogP contribution in [-0.4, -0.2) is 46.4 Å². The third-order valence-corrected chi connectivity index (χ3v) is 5.52. The first-order valence-corrected chi connectivity index (χ1v) is 9.91. The van der Waals surface area contributed by atoms with E-state index >= 15 is 0 Å². The molecule has 5 heteroatoms. The minimum absolute atomic E-state index is 0.0921. The first-order chi connectivity index (χ1) is 11.1. The summed E-state index contributed by atoms with van der Waals surface area (Å²) in [7, 11) is 4.04. The largest absolute Gasteiger partial charge is 0.507 e. The fourth-order valence-corrected chi connectivity index (χ4v) is 3.93. The van der Waals surface area contributed by atoms with Crippen LogP contribution in [0.15, 0.2) is 12.1 Å². The predicted molar refractivity (Wildman–Crippen MR) is 111 cm³/mol. The highest BCUT2D eigenvalue weighted by molar-refractivity contribution is 8.22. The Morgan fingerprint density at radius 2 is 1.75 bits per heavy atom. The van der Waals surface area contributed by atoms with E-state index in [9.17, 15) is 5.11 Å². The summed E-state index contributed by atoms with van der Waals surface area (Å²) in [4.78, 5) is 4.28. The molecule has 0 aliphatic carbocycles. The quantitative estimate of drug-likeness (QED) is 0.740. The lowest BCUT2D eigenvalue weighted by molar-refractivity contribution is 0.380. The Bertz CT molecular complexity index is 561. The lowest BCUT2D eigenvalue weighted by Gasteiger charge is -2.25. The zero-order chi connectivity index (χ0) is 18.5. The molecule has 0 saturated carbocycles. The van der Waals surface area contributed by atoms with Gasteiger partial charge in [-0.25, -0.2) is 0 Å². The molecule has 0 fully saturated rings. The van der Waals surface area contributed by atoms with Gasteiger partial charge in [0.2, 0.25) is 0 Å². The summed E-state index contributed by atoms with van der Waals surface area (Å²) in [5, 5.41) is 10.7. The van der Waals surface area contributed by atoms with Gasteiger partial charge in [0.15, 0.2) is 0 Å². The number of hydrogen-bond acceptors (Lipinski definition) is 4. The number of aromatic hydroxyl groups is 1. The lowest BCUT2D eigenvalue weighted by Crippen LogP contribution is -2.26. The number of phenolic OH excluding ortho intramolecular Hbond substituents is 1. The maximum absolute atomic E-state index is 10.7. The van der Waals surface area contributed by atoms with Crippen molar-refractivity contribution in [2.75, 3.05) is 27.2 Å². The molecule has 3 nitrogen and oxygen atoms in total. The highest BCUT2D eigenvalue weighted by Gasteiger charge is 2.22. The number of thioether (sulfide) groups is 1. The van der Waals surface area contributed by atoms with Crippen LogP contribution in [0.2, 0.25) is 0 Å². The number of rotatable bonds is 6. The summed E-state index contributed by atoms with van der Waals surface area (Å²) in [6.45, 7) is 13.3. The molecule has 0 heterocycles. The van der Waals surface area contributed by atoms with Crippen molar-refractivity contribution in [3.8, 4) is 5.75 Å². The molecule has 1 N–H and O–H groups in total. The molecule has 0 aromatic heterocycles. The third-order valence-electron chi connectivity index (χ3n) is 3.93. The van der Waals surface area contributed by atoms with Crippen LogP contribution in [0.1, 0.15) is 51.3 Å². The average Bonchev–Trinajstić information content (AvgIpc) is 2.47. The van der Waals surface area contributed by atoms with Gasteiger partial charge in [-0.2, -0.15) is 0 Å². The van der Waals surface area contributed by atoms with E-state index in [0.29, 0.717) is 5.75 Å². The van der Waals surface area contributed by atoms with Crippen LogP contribution in [0.5, 0.6) is 5.75 Å². The Morgan fingerprint density at radius 1 is 1.17 bits per heavy atom. The molecule has 1 rings (SSSR count). The van der Waals surface area contributed by atoms with Crippen LogP contribution >= 0.6 is 24.0 Å². The average molecular weight is 369 g/mol. The molecular weight excluding hydrogens is 336 g/mol. The van der Waals surface area contributed by atoms with Gasteiger partial charge in [-0.05, 0) is 50.6 Å². The van der Waals surface area contributed by atoms with E-state index in [2.05, 4.69) is 56.6 Å². The fraction of sp³-hybridized carbons (Fsp3) is 0.632. The smallest absolute Gasteiger partial charge is 0.136 e. The van der Waals surface area contributed by atoms with E-state index in [0.717, 1.165) is 40.8 Å². The van der Waals surface area contributed by atoms with Crippen LogP contribution in [0.4, 0.5) is 0 Å². The SMILES string of the molecule is CCN(CC)C(=S)SCc1cc(CN(C)C)c(O)c(C(C)(C)C)c1. The Hall–Kier alpha value is -0.780. The van der Waals surface area contributed by atoms with Crippen molar-refractivity contribution in [3.63, 3.8) is 0 Å². The predicted octanol–water partition coefficient (Wildman–Crippen LogP) is 4.61. The summed E-state index contributed by atoms with van der Waals surface area (Å²) in [5.41, 5.74) is 3.11. The Balaban J connectivity index is 3.08. The maximum atomic E-state index is 10.7. The molecule has 0 radical (unpaired) electrons. The Kier molecular flexibility index (Phi) is 8.03. The molecule has 0 amide bonds. The van der Waals surface area contributed by atoms with Crippen molar-refractivity contribution in [1.82, 2.24) is 9.80 Å². The van der Waals surface area contributed by atoms with E-state index in [1.807, 2.05) is 14.1 Å². The first kappa shape index (κ1) is 21.3. The summed E-state index contributed by atoms with van der Waals surface area (Å²) in [5.74, 6) is 1.26.